The first kappa shape index (κ1) is 19.5. The van der Waals surface area contributed by atoms with Crippen LogP contribution >= 0.6 is 0 Å². The van der Waals surface area contributed by atoms with E-state index in [0.717, 1.165) is 0 Å². The number of hydrogen-bond acceptors (Lipinski definition) is 6. The molecule has 0 unspecified atom stereocenters. The smallest absolute Gasteiger partial charge is 0.387 e. The van der Waals surface area contributed by atoms with Gasteiger partial charge in [-0.25, -0.2) is 0 Å². The van der Waals surface area contributed by atoms with Gasteiger partial charge in [-0.1, -0.05) is 0 Å². The molecular weight excluding hydrogens is 376 g/mol. The average Bonchev–Trinajstić information content (AvgIpc) is 2.69. The molecule has 2 aromatic carbocycles. The third-order valence-corrected chi connectivity index (χ3v) is 4.12. The van der Waals surface area contributed by atoms with Gasteiger partial charge in [0.2, 0.25) is 0 Å². The van der Waals surface area contributed by atoms with Crippen molar-refractivity contribution in [1.82, 2.24) is 0 Å². The Hall–Kier alpha value is -3.27. The van der Waals surface area contributed by atoms with E-state index in [2.05, 4.69) is 10.1 Å². The third kappa shape index (κ3) is 4.71. The highest BCUT2D eigenvalue weighted by molar-refractivity contribution is 6.05. The second-order valence-corrected chi connectivity index (χ2v) is 5.92. The maximum Gasteiger partial charge on any atom is 0.387 e. The van der Waals surface area contributed by atoms with Crippen LogP contribution in [-0.4, -0.2) is 43.7 Å². The van der Waals surface area contributed by atoms with Crippen molar-refractivity contribution in [3.05, 3.63) is 58.1 Å². The van der Waals surface area contributed by atoms with Gasteiger partial charge in [-0.15, -0.1) is 0 Å². The van der Waals surface area contributed by atoms with Gasteiger partial charge in [0.1, 0.15) is 11.4 Å². The van der Waals surface area contributed by atoms with Crippen LogP contribution in [0.2, 0.25) is 0 Å². The lowest BCUT2D eigenvalue weighted by Crippen LogP contribution is -2.36. The zero-order chi connectivity index (χ0) is 20.1. The molecule has 1 heterocycles. The summed E-state index contributed by atoms with van der Waals surface area (Å²) in [6.45, 7) is -0.931. The third-order valence-electron chi connectivity index (χ3n) is 4.12. The maximum atomic E-state index is 12.4. The summed E-state index contributed by atoms with van der Waals surface area (Å²) in [5, 5.41) is 14.0. The summed E-state index contributed by atoms with van der Waals surface area (Å²) >= 11 is 0. The number of nitro benzene ring substituents is 1. The summed E-state index contributed by atoms with van der Waals surface area (Å²) in [4.78, 5) is 25.2. The van der Waals surface area contributed by atoms with Gasteiger partial charge >= 0.3 is 6.61 Å². The number of hydrogen-bond donors (Lipinski definition) is 1. The normalized spacial score (nSPS) is 14.0. The number of benzene rings is 2. The lowest BCUT2D eigenvalue weighted by atomic mass is 10.1. The van der Waals surface area contributed by atoms with Crippen LogP contribution < -0.4 is 15.0 Å². The van der Waals surface area contributed by atoms with Crippen LogP contribution in [-0.2, 0) is 4.74 Å². The van der Waals surface area contributed by atoms with Gasteiger partial charge in [-0.2, -0.15) is 8.78 Å². The van der Waals surface area contributed by atoms with Crippen LogP contribution in [0.3, 0.4) is 0 Å². The molecule has 1 saturated heterocycles. The summed E-state index contributed by atoms with van der Waals surface area (Å²) in [5.41, 5.74) is 0.705. The first-order valence-corrected chi connectivity index (χ1v) is 8.41. The van der Waals surface area contributed by atoms with E-state index in [0.29, 0.717) is 37.7 Å². The number of morpholine rings is 1. The predicted octanol–water partition coefficient (Wildman–Crippen LogP) is 3.29. The van der Waals surface area contributed by atoms with Crippen molar-refractivity contribution in [2.45, 2.75) is 6.61 Å². The Balaban J connectivity index is 1.76. The summed E-state index contributed by atoms with van der Waals surface area (Å²) < 4.78 is 33.8. The molecule has 8 nitrogen and oxygen atoms in total. The van der Waals surface area contributed by atoms with Crippen molar-refractivity contribution in [3.63, 3.8) is 0 Å². The van der Waals surface area contributed by atoms with Gasteiger partial charge in [0.05, 0.1) is 18.1 Å². The summed E-state index contributed by atoms with van der Waals surface area (Å²) in [6.07, 6.45) is 0. The molecule has 1 N–H and O–H groups in total. The minimum Gasteiger partial charge on any atom is -0.435 e. The molecule has 0 saturated carbocycles. The van der Waals surface area contributed by atoms with Crippen molar-refractivity contribution in [2.75, 3.05) is 36.5 Å². The monoisotopic (exact) mass is 393 g/mol. The number of anilines is 2. The lowest BCUT2D eigenvalue weighted by Gasteiger charge is -2.28. The van der Waals surface area contributed by atoms with Crippen LogP contribution in [0.25, 0.3) is 0 Å². The predicted molar refractivity (Wildman–Crippen MR) is 97.2 cm³/mol. The standard InChI is InChI=1S/C18H17F2N3O5/c19-18(20)28-14-4-2-13(3-5-14)21-17(24)12-1-6-15(16(11-12)23(25)26)22-7-9-27-10-8-22/h1-6,11,18H,7-10H2,(H,21,24). The number of alkyl halides is 2. The number of ether oxygens (including phenoxy) is 2. The number of carbonyl (C=O) groups excluding carboxylic acids is 1. The molecule has 1 amide bonds. The SMILES string of the molecule is O=C(Nc1ccc(OC(F)F)cc1)c1ccc(N2CCOCC2)c([N+](=O)[O-])c1. The van der Waals surface area contributed by atoms with Crippen molar-refractivity contribution in [2.24, 2.45) is 0 Å². The molecule has 1 fully saturated rings. The minimum absolute atomic E-state index is 0.0431. The van der Waals surface area contributed by atoms with Gasteiger partial charge in [-0.3, -0.25) is 14.9 Å². The highest BCUT2D eigenvalue weighted by Crippen LogP contribution is 2.30. The van der Waals surface area contributed by atoms with Crippen LogP contribution in [0.4, 0.5) is 25.8 Å². The van der Waals surface area contributed by atoms with E-state index in [1.54, 1.807) is 0 Å². The number of nitrogens with zero attached hydrogens (tertiary/aromatic N) is 2. The molecule has 0 aromatic heterocycles. The Morgan fingerprint density at radius 2 is 1.86 bits per heavy atom. The van der Waals surface area contributed by atoms with Gasteiger partial charge in [-0.05, 0) is 36.4 Å². The molecule has 148 valence electrons. The van der Waals surface area contributed by atoms with Crippen LogP contribution in [0, 0.1) is 10.1 Å². The van der Waals surface area contributed by atoms with Crippen molar-refractivity contribution in [3.8, 4) is 5.75 Å². The molecule has 2 aromatic rings. The molecule has 0 radical (unpaired) electrons. The number of carbonyl (C=O) groups is 1. The second kappa shape index (κ2) is 8.61. The van der Waals surface area contributed by atoms with Gasteiger partial charge in [0, 0.05) is 30.4 Å². The fourth-order valence-electron chi connectivity index (χ4n) is 2.81. The number of rotatable bonds is 6. The Labute approximate surface area is 158 Å². The first-order valence-electron chi connectivity index (χ1n) is 8.41. The summed E-state index contributed by atoms with van der Waals surface area (Å²) in [6, 6.07) is 9.61. The molecule has 0 atom stereocenters. The molecule has 1 aliphatic rings. The van der Waals surface area contributed by atoms with E-state index in [9.17, 15) is 23.7 Å². The van der Waals surface area contributed by atoms with Gasteiger partial charge in [0.25, 0.3) is 11.6 Å². The van der Waals surface area contributed by atoms with Crippen molar-refractivity contribution >= 4 is 23.0 Å². The molecule has 10 heteroatoms. The lowest BCUT2D eigenvalue weighted by molar-refractivity contribution is -0.384. The molecular formula is C18H17F2N3O5. The summed E-state index contributed by atoms with van der Waals surface area (Å²) in [7, 11) is 0. The average molecular weight is 393 g/mol. The molecule has 0 aliphatic carbocycles. The summed E-state index contributed by atoms with van der Waals surface area (Å²) in [5.74, 6) is -0.599. The molecule has 0 bridgehead atoms. The Kier molecular flexibility index (Phi) is 5.99. The Morgan fingerprint density at radius 1 is 1.18 bits per heavy atom. The quantitative estimate of drug-likeness (QED) is 0.598. The van der Waals surface area contributed by atoms with E-state index in [-0.39, 0.29) is 17.0 Å². The zero-order valence-corrected chi connectivity index (χ0v) is 14.6. The Morgan fingerprint density at radius 3 is 2.46 bits per heavy atom. The van der Waals surface area contributed by atoms with Crippen LogP contribution in [0.1, 0.15) is 10.4 Å². The van der Waals surface area contributed by atoms with Crippen LogP contribution in [0.15, 0.2) is 42.5 Å². The van der Waals surface area contributed by atoms with E-state index in [1.165, 1.54) is 42.5 Å². The van der Waals surface area contributed by atoms with Crippen molar-refractivity contribution in [1.29, 1.82) is 0 Å². The van der Waals surface area contributed by atoms with E-state index >= 15 is 0 Å². The second-order valence-electron chi connectivity index (χ2n) is 5.92. The molecule has 3 rings (SSSR count). The number of nitro groups is 1. The largest absolute Gasteiger partial charge is 0.435 e. The van der Waals surface area contributed by atoms with E-state index < -0.39 is 17.4 Å². The van der Waals surface area contributed by atoms with E-state index in [4.69, 9.17) is 4.74 Å². The van der Waals surface area contributed by atoms with Gasteiger partial charge in [0.15, 0.2) is 0 Å². The number of halogens is 2. The Bertz CT molecular complexity index is 855. The van der Waals surface area contributed by atoms with E-state index in [1.807, 2.05) is 4.90 Å². The first-order chi connectivity index (χ1) is 13.4. The van der Waals surface area contributed by atoms with Crippen molar-refractivity contribution < 1.29 is 28.0 Å². The highest BCUT2D eigenvalue weighted by Gasteiger charge is 2.23. The highest BCUT2D eigenvalue weighted by atomic mass is 19.3. The van der Waals surface area contributed by atoms with Crippen LogP contribution in [0.5, 0.6) is 5.75 Å². The molecule has 1 aliphatic heterocycles. The fraction of sp³-hybridized carbons (Fsp3) is 0.278. The number of nitrogens with one attached hydrogen (secondary N) is 1. The zero-order valence-electron chi connectivity index (χ0n) is 14.6. The maximum absolute atomic E-state index is 12.4. The topological polar surface area (TPSA) is 93.9 Å². The van der Waals surface area contributed by atoms with Gasteiger partial charge < -0.3 is 19.7 Å². The minimum atomic E-state index is -2.94. The molecule has 0 spiro atoms. The number of amides is 1. The fourth-order valence-corrected chi connectivity index (χ4v) is 2.81. The molecule has 28 heavy (non-hydrogen) atoms.